The molecule has 1 heterocycles. The van der Waals surface area contributed by atoms with Crippen LogP contribution in [0.4, 0.5) is 23.2 Å². The number of halogens is 4. The molecule has 110 valence electrons. The van der Waals surface area contributed by atoms with Crippen LogP contribution >= 0.6 is 0 Å². The predicted molar refractivity (Wildman–Crippen MR) is 68.4 cm³/mol. The van der Waals surface area contributed by atoms with Crippen LogP contribution in [0.5, 0.6) is 0 Å². The second-order valence-electron chi connectivity index (χ2n) is 4.26. The smallest absolute Gasteiger partial charge is 0.311 e. The third kappa shape index (κ3) is 3.18. The van der Waals surface area contributed by atoms with Gasteiger partial charge in [-0.2, -0.15) is 13.2 Å². The van der Waals surface area contributed by atoms with Crippen LogP contribution in [0.1, 0.15) is 15.9 Å². The van der Waals surface area contributed by atoms with Crippen LogP contribution in [0, 0.1) is 5.82 Å². The summed E-state index contributed by atoms with van der Waals surface area (Å²) in [4.78, 5) is 17.0. The van der Waals surface area contributed by atoms with Crippen LogP contribution in [-0.4, -0.2) is 17.9 Å². The van der Waals surface area contributed by atoms with Crippen LogP contribution in [0.15, 0.2) is 42.7 Å². The van der Waals surface area contributed by atoms with Gasteiger partial charge in [0.15, 0.2) is 0 Å². The number of alkyl halides is 3. The van der Waals surface area contributed by atoms with Crippen LogP contribution < -0.4 is 4.90 Å². The van der Waals surface area contributed by atoms with Crippen LogP contribution in [0.2, 0.25) is 0 Å². The van der Waals surface area contributed by atoms with Crippen molar-refractivity contribution in [2.45, 2.75) is 6.18 Å². The fourth-order valence-electron chi connectivity index (χ4n) is 1.73. The van der Waals surface area contributed by atoms with Gasteiger partial charge in [0.1, 0.15) is 5.82 Å². The molecule has 0 saturated heterocycles. The Morgan fingerprint density at radius 3 is 2.33 bits per heavy atom. The Kier molecular flexibility index (Phi) is 3.93. The quantitative estimate of drug-likeness (QED) is 0.795. The van der Waals surface area contributed by atoms with Crippen molar-refractivity contribution in [2.24, 2.45) is 0 Å². The summed E-state index contributed by atoms with van der Waals surface area (Å²) < 4.78 is 51.6. The molecule has 0 aliphatic heterocycles. The predicted octanol–water partition coefficient (Wildman–Crippen LogP) is 3.52. The molecule has 0 spiro atoms. The average molecular weight is 298 g/mol. The molecule has 1 amide bonds. The van der Waals surface area contributed by atoms with Gasteiger partial charge in [-0.1, -0.05) is 0 Å². The molecule has 1 aromatic heterocycles. The van der Waals surface area contributed by atoms with E-state index in [1.54, 1.807) is 0 Å². The first-order chi connectivity index (χ1) is 9.80. The molecular weight excluding hydrogens is 288 g/mol. The minimum atomic E-state index is -4.64. The summed E-state index contributed by atoms with van der Waals surface area (Å²) in [5, 5.41) is 0. The molecule has 3 nitrogen and oxygen atoms in total. The summed E-state index contributed by atoms with van der Waals surface area (Å²) in [6.45, 7) is 0. The van der Waals surface area contributed by atoms with E-state index in [0.29, 0.717) is 23.9 Å². The van der Waals surface area contributed by atoms with E-state index < -0.39 is 29.0 Å². The zero-order chi connectivity index (χ0) is 15.6. The van der Waals surface area contributed by atoms with Gasteiger partial charge in [-0.3, -0.25) is 9.78 Å². The van der Waals surface area contributed by atoms with Gasteiger partial charge >= 0.3 is 6.18 Å². The molecule has 0 radical (unpaired) electrons. The third-order valence-electron chi connectivity index (χ3n) is 2.88. The highest BCUT2D eigenvalue weighted by Crippen LogP contribution is 2.30. The minimum absolute atomic E-state index is 0.395. The molecule has 2 rings (SSSR count). The van der Waals surface area contributed by atoms with Gasteiger partial charge in [-0.15, -0.1) is 0 Å². The number of rotatable bonds is 2. The maximum Gasteiger partial charge on any atom is 0.416 e. The highest BCUT2D eigenvalue weighted by molar-refractivity contribution is 6.06. The van der Waals surface area contributed by atoms with Gasteiger partial charge in [0.05, 0.1) is 11.1 Å². The Morgan fingerprint density at radius 2 is 1.76 bits per heavy atom. The lowest BCUT2D eigenvalue weighted by atomic mass is 10.1. The summed E-state index contributed by atoms with van der Waals surface area (Å²) in [6.07, 6.45) is -1.80. The molecule has 1 aromatic carbocycles. The van der Waals surface area contributed by atoms with E-state index in [1.165, 1.54) is 31.6 Å². The highest BCUT2D eigenvalue weighted by atomic mass is 19.4. The van der Waals surface area contributed by atoms with E-state index in [1.807, 2.05) is 0 Å². The minimum Gasteiger partial charge on any atom is -0.311 e. The molecule has 0 aliphatic rings. The normalized spacial score (nSPS) is 11.3. The maximum atomic E-state index is 13.7. The zero-order valence-corrected chi connectivity index (χ0v) is 10.9. The zero-order valence-electron chi connectivity index (χ0n) is 10.9. The highest BCUT2D eigenvalue weighted by Gasteiger charge is 2.32. The lowest BCUT2D eigenvalue weighted by molar-refractivity contribution is -0.137. The summed E-state index contributed by atoms with van der Waals surface area (Å²) in [5.74, 6) is -1.88. The van der Waals surface area contributed by atoms with E-state index >= 15 is 0 Å². The van der Waals surface area contributed by atoms with Gasteiger partial charge in [0, 0.05) is 25.1 Å². The van der Waals surface area contributed by atoms with Crippen molar-refractivity contribution in [1.29, 1.82) is 0 Å². The van der Waals surface area contributed by atoms with Crippen molar-refractivity contribution in [2.75, 3.05) is 11.9 Å². The number of nitrogens with zero attached hydrogens (tertiary/aromatic N) is 2. The monoisotopic (exact) mass is 298 g/mol. The molecule has 0 fully saturated rings. The number of pyridine rings is 1. The van der Waals surface area contributed by atoms with Crippen molar-refractivity contribution in [3.63, 3.8) is 0 Å². The second-order valence-corrected chi connectivity index (χ2v) is 4.26. The van der Waals surface area contributed by atoms with Crippen molar-refractivity contribution in [1.82, 2.24) is 4.98 Å². The molecule has 21 heavy (non-hydrogen) atoms. The first-order valence-electron chi connectivity index (χ1n) is 5.85. The molecule has 0 aliphatic carbocycles. The van der Waals surface area contributed by atoms with Crippen LogP contribution in [0.25, 0.3) is 0 Å². The van der Waals surface area contributed by atoms with E-state index in [4.69, 9.17) is 0 Å². The molecule has 0 saturated carbocycles. The number of amides is 1. The fraction of sp³-hybridized carbons (Fsp3) is 0.143. The molecule has 7 heteroatoms. The van der Waals surface area contributed by atoms with Crippen LogP contribution in [-0.2, 0) is 6.18 Å². The van der Waals surface area contributed by atoms with Crippen molar-refractivity contribution in [3.05, 3.63) is 59.7 Å². The standard InChI is InChI=1S/C14H10F4N2O/c1-20(10-4-6-19-7-5-10)13(21)11-8-9(14(16,17)18)2-3-12(11)15/h2-8H,1H3. The lowest BCUT2D eigenvalue weighted by Gasteiger charge is -2.18. The first kappa shape index (κ1) is 15.0. The summed E-state index contributed by atoms with van der Waals surface area (Å²) in [7, 11) is 1.34. The molecule has 0 bridgehead atoms. The van der Waals surface area contributed by atoms with Gasteiger partial charge in [-0.05, 0) is 30.3 Å². The van der Waals surface area contributed by atoms with Gasteiger partial charge in [-0.25, -0.2) is 4.39 Å². The number of hydrogen-bond donors (Lipinski definition) is 0. The summed E-state index contributed by atoms with van der Waals surface area (Å²) in [6, 6.07) is 4.72. The number of aromatic nitrogens is 1. The Hall–Kier alpha value is -2.44. The second kappa shape index (κ2) is 5.51. The van der Waals surface area contributed by atoms with Crippen molar-refractivity contribution in [3.8, 4) is 0 Å². The van der Waals surface area contributed by atoms with E-state index in [0.717, 1.165) is 4.90 Å². The molecule has 0 atom stereocenters. The first-order valence-corrected chi connectivity index (χ1v) is 5.85. The Labute approximate surface area is 117 Å². The number of carbonyl (C=O) groups excluding carboxylic acids is 1. The lowest BCUT2D eigenvalue weighted by Crippen LogP contribution is -2.27. The van der Waals surface area contributed by atoms with E-state index in [-0.39, 0.29) is 0 Å². The number of hydrogen-bond acceptors (Lipinski definition) is 2. The Balaban J connectivity index is 2.39. The fourth-order valence-corrected chi connectivity index (χ4v) is 1.73. The topological polar surface area (TPSA) is 33.2 Å². The SMILES string of the molecule is CN(C(=O)c1cc(C(F)(F)F)ccc1F)c1ccncc1. The number of anilines is 1. The molecular formula is C14H10F4N2O. The van der Waals surface area contributed by atoms with Gasteiger partial charge in [0.25, 0.3) is 5.91 Å². The summed E-state index contributed by atoms with van der Waals surface area (Å²) in [5.41, 5.74) is -1.31. The molecule has 0 unspecified atom stereocenters. The van der Waals surface area contributed by atoms with Gasteiger partial charge in [0.2, 0.25) is 0 Å². The van der Waals surface area contributed by atoms with Gasteiger partial charge < -0.3 is 4.90 Å². The molecule has 2 aromatic rings. The number of benzene rings is 1. The summed E-state index contributed by atoms with van der Waals surface area (Å²) >= 11 is 0. The Morgan fingerprint density at radius 1 is 1.14 bits per heavy atom. The number of carbonyl (C=O) groups is 1. The third-order valence-corrected chi connectivity index (χ3v) is 2.88. The average Bonchev–Trinajstić information content (AvgIpc) is 2.46. The largest absolute Gasteiger partial charge is 0.416 e. The van der Waals surface area contributed by atoms with E-state index in [2.05, 4.69) is 4.98 Å². The van der Waals surface area contributed by atoms with Crippen molar-refractivity contribution >= 4 is 11.6 Å². The molecule has 0 N–H and O–H groups in total. The van der Waals surface area contributed by atoms with E-state index in [9.17, 15) is 22.4 Å². The Bertz CT molecular complexity index is 656. The maximum absolute atomic E-state index is 13.7. The van der Waals surface area contributed by atoms with Crippen molar-refractivity contribution < 1.29 is 22.4 Å². The van der Waals surface area contributed by atoms with Crippen LogP contribution in [0.3, 0.4) is 0 Å².